The van der Waals surface area contributed by atoms with Crippen LogP contribution in [0.5, 0.6) is 0 Å². The molecule has 1 aliphatic heterocycles. The summed E-state index contributed by atoms with van der Waals surface area (Å²) in [6.45, 7) is 3.35. The molecule has 6 nitrogen and oxygen atoms in total. The molecule has 0 spiro atoms. The second kappa shape index (κ2) is 8.81. The molecule has 9 heteroatoms. The Morgan fingerprint density at radius 3 is 3.00 bits per heavy atom. The number of hydrazone groups is 1. The summed E-state index contributed by atoms with van der Waals surface area (Å²) in [7, 11) is 0. The van der Waals surface area contributed by atoms with Crippen molar-refractivity contribution in [2.75, 3.05) is 13.2 Å². The van der Waals surface area contributed by atoms with Gasteiger partial charge in [-0.15, -0.1) is 0 Å². The number of nitrogens with one attached hydrogen (secondary N) is 2. The molecule has 3 rings (SSSR count). The van der Waals surface area contributed by atoms with Gasteiger partial charge in [0, 0.05) is 13.2 Å². The van der Waals surface area contributed by atoms with Gasteiger partial charge in [0.15, 0.2) is 5.11 Å². The number of aryl methyl sites for hydroxylation is 1. The van der Waals surface area contributed by atoms with Crippen molar-refractivity contribution in [1.82, 2.24) is 20.5 Å². The van der Waals surface area contributed by atoms with Crippen molar-refractivity contribution in [3.05, 3.63) is 45.7 Å². The Hall–Kier alpha value is -1.67. The van der Waals surface area contributed by atoms with Crippen LogP contribution in [0.2, 0.25) is 10.2 Å². The van der Waals surface area contributed by atoms with Gasteiger partial charge in [0.2, 0.25) is 0 Å². The van der Waals surface area contributed by atoms with Crippen LogP contribution >= 0.6 is 35.4 Å². The molecule has 1 aromatic carbocycles. The zero-order valence-corrected chi connectivity index (χ0v) is 16.5. The van der Waals surface area contributed by atoms with Gasteiger partial charge in [-0.1, -0.05) is 35.3 Å². The fourth-order valence-corrected chi connectivity index (χ4v) is 3.31. The molecule has 0 unspecified atom stereocenters. The van der Waals surface area contributed by atoms with Crippen LogP contribution in [-0.4, -0.2) is 40.4 Å². The van der Waals surface area contributed by atoms with Gasteiger partial charge in [0.25, 0.3) is 0 Å². The van der Waals surface area contributed by atoms with E-state index in [0.29, 0.717) is 33.1 Å². The normalized spacial score (nSPS) is 17.0. The maximum Gasteiger partial charge on any atom is 0.187 e. The Kier molecular flexibility index (Phi) is 6.48. The third-order valence-electron chi connectivity index (χ3n) is 4.00. The number of hydrogen-bond acceptors (Lipinski definition) is 4. The lowest BCUT2D eigenvalue weighted by Gasteiger charge is -2.11. The van der Waals surface area contributed by atoms with E-state index in [2.05, 4.69) is 20.9 Å². The van der Waals surface area contributed by atoms with E-state index in [4.69, 9.17) is 40.2 Å². The number of thiocarbonyl (C=S) groups is 1. The van der Waals surface area contributed by atoms with Crippen LogP contribution in [0, 0.1) is 6.92 Å². The van der Waals surface area contributed by atoms with E-state index in [0.717, 1.165) is 25.1 Å². The fraction of sp³-hybridized carbons (Fsp3) is 0.353. The minimum Gasteiger partial charge on any atom is -0.376 e. The average molecular weight is 412 g/mol. The minimum absolute atomic E-state index is 0.212. The Morgan fingerprint density at radius 2 is 2.27 bits per heavy atom. The molecule has 1 fully saturated rings. The summed E-state index contributed by atoms with van der Waals surface area (Å²) < 4.78 is 7.13. The molecule has 26 heavy (non-hydrogen) atoms. The standard InChI is InChI=1S/C17H19Cl2N5OS/c1-11-13(10-21-22-17(26)20-9-12-5-4-8-25-12)16(19)24(23-11)15-7-3-2-6-14(15)18/h2-3,6-7,10,12H,4-5,8-9H2,1H3,(H2,20,22,26)/b21-10-/t12-/m0/s1. The number of hydrogen-bond donors (Lipinski definition) is 2. The van der Waals surface area contributed by atoms with E-state index in [9.17, 15) is 0 Å². The summed E-state index contributed by atoms with van der Waals surface area (Å²) >= 11 is 17.9. The Bertz CT molecular complexity index is 817. The van der Waals surface area contributed by atoms with Gasteiger partial charge in [0.1, 0.15) is 5.15 Å². The molecule has 1 atom stereocenters. The van der Waals surface area contributed by atoms with E-state index in [1.54, 1.807) is 17.0 Å². The van der Waals surface area contributed by atoms with Crippen molar-refractivity contribution >= 4 is 46.7 Å². The van der Waals surface area contributed by atoms with Crippen LogP contribution < -0.4 is 10.7 Å². The van der Waals surface area contributed by atoms with E-state index in [1.165, 1.54) is 0 Å². The van der Waals surface area contributed by atoms with Gasteiger partial charge in [0.05, 0.1) is 34.3 Å². The third kappa shape index (κ3) is 4.54. The van der Waals surface area contributed by atoms with Gasteiger partial charge in [-0.05, 0) is 44.1 Å². The van der Waals surface area contributed by atoms with Gasteiger partial charge in [-0.25, -0.2) is 4.68 Å². The van der Waals surface area contributed by atoms with E-state index < -0.39 is 0 Å². The number of aromatic nitrogens is 2. The van der Waals surface area contributed by atoms with E-state index in [1.807, 2.05) is 25.1 Å². The molecule has 2 heterocycles. The summed E-state index contributed by atoms with van der Waals surface area (Å²) in [5.74, 6) is 0. The molecule has 0 radical (unpaired) electrons. The monoisotopic (exact) mass is 411 g/mol. The first-order valence-corrected chi connectivity index (χ1v) is 9.41. The van der Waals surface area contributed by atoms with Gasteiger partial charge in [-0.3, -0.25) is 5.43 Å². The Balaban J connectivity index is 1.63. The molecule has 0 aliphatic carbocycles. The number of benzene rings is 1. The summed E-state index contributed by atoms with van der Waals surface area (Å²) in [6.07, 6.45) is 3.95. The highest BCUT2D eigenvalue weighted by molar-refractivity contribution is 7.80. The molecule has 0 saturated carbocycles. The first-order chi connectivity index (χ1) is 12.6. The maximum atomic E-state index is 6.46. The van der Waals surface area contributed by atoms with Crippen molar-refractivity contribution in [2.45, 2.75) is 25.9 Å². The molecule has 2 aromatic rings. The number of halogens is 2. The first-order valence-electron chi connectivity index (χ1n) is 8.25. The molecule has 138 valence electrons. The maximum absolute atomic E-state index is 6.46. The zero-order valence-electron chi connectivity index (χ0n) is 14.2. The van der Waals surface area contributed by atoms with Gasteiger partial charge < -0.3 is 10.1 Å². The van der Waals surface area contributed by atoms with Crippen molar-refractivity contribution < 1.29 is 4.74 Å². The van der Waals surface area contributed by atoms with E-state index >= 15 is 0 Å². The Morgan fingerprint density at radius 1 is 1.46 bits per heavy atom. The molecular weight excluding hydrogens is 393 g/mol. The molecular formula is C17H19Cl2N5OS. The number of rotatable bonds is 5. The lowest BCUT2D eigenvalue weighted by atomic mass is 10.2. The molecule has 2 N–H and O–H groups in total. The highest BCUT2D eigenvalue weighted by atomic mass is 35.5. The largest absolute Gasteiger partial charge is 0.376 e. The Labute approximate surface area is 167 Å². The summed E-state index contributed by atoms with van der Waals surface area (Å²) in [6, 6.07) is 7.37. The van der Waals surface area contributed by atoms with Gasteiger partial charge in [-0.2, -0.15) is 10.2 Å². The van der Waals surface area contributed by atoms with Crippen molar-refractivity contribution in [1.29, 1.82) is 0 Å². The van der Waals surface area contributed by atoms with Crippen LogP contribution in [-0.2, 0) is 4.74 Å². The predicted molar refractivity (Wildman–Crippen MR) is 109 cm³/mol. The third-order valence-corrected chi connectivity index (χ3v) is 4.92. The molecule has 1 aromatic heterocycles. The summed E-state index contributed by atoms with van der Waals surface area (Å²) in [4.78, 5) is 0. The molecule has 1 aliphatic rings. The van der Waals surface area contributed by atoms with E-state index in [-0.39, 0.29) is 6.10 Å². The summed E-state index contributed by atoms with van der Waals surface area (Å²) in [5, 5.41) is 13.1. The lowest BCUT2D eigenvalue weighted by Crippen LogP contribution is -2.37. The van der Waals surface area contributed by atoms with Crippen LogP contribution in [0.3, 0.4) is 0 Å². The minimum atomic E-state index is 0.212. The predicted octanol–water partition coefficient (Wildman–Crippen LogP) is 3.46. The molecule has 0 amide bonds. The van der Waals surface area contributed by atoms with Crippen molar-refractivity contribution in [3.63, 3.8) is 0 Å². The van der Waals surface area contributed by atoms with Crippen LogP contribution in [0.15, 0.2) is 29.4 Å². The zero-order chi connectivity index (χ0) is 18.5. The lowest BCUT2D eigenvalue weighted by molar-refractivity contribution is 0.114. The SMILES string of the molecule is Cc1nn(-c2ccccc2Cl)c(Cl)c1/C=N\NC(=S)NC[C@@H]1CCCO1. The second-order valence-corrected chi connectivity index (χ2v) is 7.04. The molecule has 1 saturated heterocycles. The number of nitrogens with zero attached hydrogens (tertiary/aromatic N) is 3. The number of para-hydroxylation sites is 1. The van der Waals surface area contributed by atoms with Crippen LogP contribution in [0.25, 0.3) is 5.69 Å². The topological polar surface area (TPSA) is 63.5 Å². The van der Waals surface area contributed by atoms with Crippen LogP contribution in [0.4, 0.5) is 0 Å². The quantitative estimate of drug-likeness (QED) is 0.448. The molecule has 0 bridgehead atoms. The van der Waals surface area contributed by atoms with Crippen molar-refractivity contribution in [3.8, 4) is 5.69 Å². The highest BCUT2D eigenvalue weighted by Gasteiger charge is 2.16. The smallest absolute Gasteiger partial charge is 0.187 e. The van der Waals surface area contributed by atoms with Gasteiger partial charge >= 0.3 is 0 Å². The highest BCUT2D eigenvalue weighted by Crippen LogP contribution is 2.26. The second-order valence-electron chi connectivity index (χ2n) is 5.87. The van der Waals surface area contributed by atoms with Crippen LogP contribution in [0.1, 0.15) is 24.1 Å². The summed E-state index contributed by atoms with van der Waals surface area (Å²) in [5.41, 5.74) is 4.92. The number of ether oxygens (including phenoxy) is 1. The van der Waals surface area contributed by atoms with Crippen molar-refractivity contribution in [2.24, 2.45) is 5.10 Å². The first kappa shape index (κ1) is 19.1. The average Bonchev–Trinajstić information content (AvgIpc) is 3.24. The fourth-order valence-electron chi connectivity index (χ4n) is 2.65.